The van der Waals surface area contributed by atoms with E-state index in [1.54, 1.807) is 0 Å². The van der Waals surface area contributed by atoms with Gasteiger partial charge in [-0.05, 0) is 24.3 Å². The van der Waals surface area contributed by atoms with Crippen LogP contribution in [0.5, 0.6) is 11.5 Å². The number of phenols is 2. The van der Waals surface area contributed by atoms with Gasteiger partial charge in [-0.15, -0.1) is 0 Å². The van der Waals surface area contributed by atoms with E-state index in [1.165, 1.54) is 18.2 Å². The van der Waals surface area contributed by atoms with Crippen LogP contribution in [0.2, 0.25) is 5.02 Å². The molecule has 4 N–H and O–H groups in total. The van der Waals surface area contributed by atoms with E-state index in [4.69, 9.17) is 16.7 Å². The van der Waals surface area contributed by atoms with Gasteiger partial charge >= 0.3 is 5.97 Å². The van der Waals surface area contributed by atoms with E-state index < -0.39 is 11.9 Å². The van der Waals surface area contributed by atoms with Gasteiger partial charge in [-0.1, -0.05) is 17.7 Å². The molecular weight excluding hydrogens is 298 g/mol. The summed E-state index contributed by atoms with van der Waals surface area (Å²) in [6.45, 7) is 0. The van der Waals surface area contributed by atoms with Gasteiger partial charge < -0.3 is 20.6 Å². The van der Waals surface area contributed by atoms with E-state index in [-0.39, 0.29) is 33.3 Å². The van der Waals surface area contributed by atoms with Crippen LogP contribution in [0.1, 0.15) is 20.7 Å². The molecule has 0 bridgehead atoms. The molecule has 0 heterocycles. The Morgan fingerprint density at radius 3 is 2.24 bits per heavy atom. The number of halogens is 1. The second-order valence-corrected chi connectivity index (χ2v) is 4.57. The molecule has 0 unspecified atom stereocenters. The highest BCUT2D eigenvalue weighted by molar-refractivity contribution is 6.34. The first-order chi connectivity index (χ1) is 9.88. The number of anilines is 1. The SMILES string of the molecule is O=C(Nc1c(Cl)cccc1C(=O)O)c1cc(O)cc(O)c1. The number of carboxylic acids is 1. The van der Waals surface area contributed by atoms with Gasteiger partial charge in [0.2, 0.25) is 0 Å². The zero-order valence-corrected chi connectivity index (χ0v) is 11.3. The molecule has 0 aromatic heterocycles. The van der Waals surface area contributed by atoms with Crippen molar-refractivity contribution in [2.75, 3.05) is 5.32 Å². The molecule has 6 nitrogen and oxygen atoms in total. The summed E-state index contributed by atoms with van der Waals surface area (Å²) in [5.41, 5.74) is -0.261. The van der Waals surface area contributed by atoms with E-state index in [1.807, 2.05) is 0 Å². The first kappa shape index (κ1) is 14.7. The van der Waals surface area contributed by atoms with Gasteiger partial charge in [-0.3, -0.25) is 4.79 Å². The van der Waals surface area contributed by atoms with E-state index in [9.17, 15) is 19.8 Å². The van der Waals surface area contributed by atoms with Gasteiger partial charge in [0.1, 0.15) is 11.5 Å². The molecule has 0 saturated carbocycles. The molecule has 0 aliphatic carbocycles. The number of phenolic OH excluding ortho intramolecular Hbond substituents is 2. The maximum Gasteiger partial charge on any atom is 0.337 e. The lowest BCUT2D eigenvalue weighted by Gasteiger charge is -2.10. The Hall–Kier alpha value is -2.73. The number of para-hydroxylation sites is 1. The van der Waals surface area contributed by atoms with Crippen molar-refractivity contribution in [2.24, 2.45) is 0 Å². The van der Waals surface area contributed by atoms with Crippen LogP contribution in [0.3, 0.4) is 0 Å². The lowest BCUT2D eigenvalue weighted by Crippen LogP contribution is -2.15. The van der Waals surface area contributed by atoms with Crippen molar-refractivity contribution < 1.29 is 24.9 Å². The van der Waals surface area contributed by atoms with Crippen molar-refractivity contribution in [1.29, 1.82) is 0 Å². The summed E-state index contributed by atoms with van der Waals surface area (Å²) < 4.78 is 0. The number of rotatable bonds is 3. The van der Waals surface area contributed by atoms with E-state index in [2.05, 4.69) is 5.32 Å². The van der Waals surface area contributed by atoms with Crippen LogP contribution >= 0.6 is 11.6 Å². The Labute approximate surface area is 124 Å². The van der Waals surface area contributed by atoms with E-state index >= 15 is 0 Å². The summed E-state index contributed by atoms with van der Waals surface area (Å²) >= 11 is 5.89. The third-order valence-corrected chi connectivity index (χ3v) is 2.96. The second-order valence-electron chi connectivity index (χ2n) is 4.16. The first-order valence-electron chi connectivity index (χ1n) is 5.74. The molecule has 0 fully saturated rings. The van der Waals surface area contributed by atoms with Crippen molar-refractivity contribution in [3.63, 3.8) is 0 Å². The number of hydrogen-bond acceptors (Lipinski definition) is 4. The van der Waals surface area contributed by atoms with Crippen molar-refractivity contribution in [3.05, 3.63) is 52.5 Å². The molecule has 7 heteroatoms. The summed E-state index contributed by atoms with van der Waals surface area (Å²) in [5.74, 6) is -2.54. The number of aromatic carboxylic acids is 1. The number of amides is 1. The Balaban J connectivity index is 2.38. The summed E-state index contributed by atoms with van der Waals surface area (Å²) in [7, 11) is 0. The molecule has 0 radical (unpaired) electrons. The van der Waals surface area contributed by atoms with E-state index in [0.29, 0.717) is 0 Å². The summed E-state index contributed by atoms with van der Waals surface area (Å²) in [5, 5.41) is 30.2. The fraction of sp³-hybridized carbons (Fsp3) is 0. The molecule has 2 rings (SSSR count). The quantitative estimate of drug-likeness (QED) is 0.697. The largest absolute Gasteiger partial charge is 0.508 e. The van der Waals surface area contributed by atoms with Crippen LogP contribution in [0.25, 0.3) is 0 Å². The number of hydrogen-bond donors (Lipinski definition) is 4. The van der Waals surface area contributed by atoms with Crippen LogP contribution in [0.15, 0.2) is 36.4 Å². The number of nitrogens with one attached hydrogen (secondary N) is 1. The molecule has 2 aromatic carbocycles. The minimum absolute atomic E-state index is 0.0382. The Kier molecular flexibility index (Phi) is 4.00. The lowest BCUT2D eigenvalue weighted by atomic mass is 10.1. The van der Waals surface area contributed by atoms with Gasteiger partial charge in [-0.2, -0.15) is 0 Å². The highest BCUT2D eigenvalue weighted by Gasteiger charge is 2.17. The molecule has 0 atom stereocenters. The molecule has 1 amide bonds. The van der Waals surface area contributed by atoms with Crippen LogP contribution in [0, 0.1) is 0 Å². The zero-order chi connectivity index (χ0) is 15.6. The summed E-state index contributed by atoms with van der Waals surface area (Å²) in [4.78, 5) is 23.2. The molecule has 108 valence electrons. The fourth-order valence-electron chi connectivity index (χ4n) is 1.74. The monoisotopic (exact) mass is 307 g/mol. The van der Waals surface area contributed by atoms with E-state index in [0.717, 1.165) is 18.2 Å². The molecular formula is C14H10ClNO5. The molecule has 2 aromatic rings. The number of carbonyl (C=O) groups excluding carboxylic acids is 1. The minimum Gasteiger partial charge on any atom is -0.508 e. The number of carbonyl (C=O) groups is 2. The van der Waals surface area contributed by atoms with Crippen LogP contribution in [-0.2, 0) is 0 Å². The molecule has 0 aliphatic heterocycles. The highest BCUT2D eigenvalue weighted by atomic mass is 35.5. The smallest absolute Gasteiger partial charge is 0.337 e. The average molecular weight is 308 g/mol. The van der Waals surface area contributed by atoms with Gasteiger partial charge in [-0.25, -0.2) is 4.79 Å². The highest BCUT2D eigenvalue weighted by Crippen LogP contribution is 2.27. The van der Waals surface area contributed by atoms with Crippen molar-refractivity contribution >= 4 is 29.2 Å². The van der Waals surface area contributed by atoms with Crippen molar-refractivity contribution in [2.45, 2.75) is 0 Å². The first-order valence-corrected chi connectivity index (χ1v) is 6.12. The van der Waals surface area contributed by atoms with Crippen LogP contribution in [-0.4, -0.2) is 27.2 Å². The van der Waals surface area contributed by atoms with Gasteiger partial charge in [0, 0.05) is 11.6 Å². The minimum atomic E-state index is -1.24. The van der Waals surface area contributed by atoms with Gasteiger partial charge in [0.05, 0.1) is 16.3 Å². The predicted octanol–water partition coefficient (Wildman–Crippen LogP) is 2.70. The summed E-state index contributed by atoms with van der Waals surface area (Å²) in [6.07, 6.45) is 0. The third-order valence-electron chi connectivity index (χ3n) is 2.65. The second kappa shape index (κ2) is 5.72. The van der Waals surface area contributed by atoms with Crippen LogP contribution in [0.4, 0.5) is 5.69 Å². The molecule has 0 aliphatic rings. The van der Waals surface area contributed by atoms with Gasteiger partial charge in [0.25, 0.3) is 5.91 Å². The molecule has 0 saturated heterocycles. The average Bonchev–Trinajstić information content (AvgIpc) is 2.39. The predicted molar refractivity (Wildman–Crippen MR) is 76.1 cm³/mol. The van der Waals surface area contributed by atoms with Crippen molar-refractivity contribution in [1.82, 2.24) is 0 Å². The number of carboxylic acid groups (broad SMARTS) is 1. The topological polar surface area (TPSA) is 107 Å². The molecule has 0 spiro atoms. The molecule has 21 heavy (non-hydrogen) atoms. The Morgan fingerprint density at radius 1 is 1.05 bits per heavy atom. The van der Waals surface area contributed by atoms with Crippen LogP contribution < -0.4 is 5.32 Å². The lowest BCUT2D eigenvalue weighted by molar-refractivity contribution is 0.0698. The zero-order valence-electron chi connectivity index (χ0n) is 10.5. The fourth-order valence-corrected chi connectivity index (χ4v) is 1.96. The Bertz CT molecular complexity index is 709. The van der Waals surface area contributed by atoms with Crippen molar-refractivity contribution in [3.8, 4) is 11.5 Å². The Morgan fingerprint density at radius 2 is 1.67 bits per heavy atom. The third kappa shape index (κ3) is 3.24. The normalized spacial score (nSPS) is 10.1. The standard InChI is InChI=1S/C14H10ClNO5/c15-11-3-1-2-10(14(20)21)12(11)16-13(19)7-4-8(17)6-9(18)5-7/h1-6,17-18H,(H,16,19)(H,20,21). The maximum atomic E-state index is 12.1. The van der Waals surface area contributed by atoms with Gasteiger partial charge in [0.15, 0.2) is 0 Å². The number of aromatic hydroxyl groups is 2. The number of benzene rings is 2. The summed E-state index contributed by atoms with van der Waals surface area (Å²) in [6, 6.07) is 7.50. The maximum absolute atomic E-state index is 12.1.